The quantitative estimate of drug-likeness (QED) is 0.851. The van der Waals surface area contributed by atoms with Crippen LogP contribution in [0.15, 0.2) is 42.5 Å². The number of carbonyl (C=O) groups excluding carboxylic acids is 2. The predicted molar refractivity (Wildman–Crippen MR) is 83.4 cm³/mol. The Morgan fingerprint density at radius 2 is 1.83 bits per heavy atom. The standard InChI is InChI=1S/C17H16F2N2O3/c1-2-24-12-9-8-11(18)13(14(12)19)17(23)21-15(16(20)22)10-6-4-3-5-7-10/h3-9,15H,2H2,1H3,(H2,20,22)(H,21,23)/t15-/m1/s1. The van der Waals surface area contributed by atoms with Crippen LogP contribution < -0.4 is 15.8 Å². The molecule has 0 saturated heterocycles. The van der Waals surface area contributed by atoms with Crippen LogP contribution in [-0.4, -0.2) is 18.4 Å². The number of hydrogen-bond donors (Lipinski definition) is 2. The first-order chi connectivity index (χ1) is 11.5. The number of carbonyl (C=O) groups is 2. The van der Waals surface area contributed by atoms with Crippen molar-refractivity contribution in [3.8, 4) is 5.75 Å². The molecule has 0 heterocycles. The summed E-state index contributed by atoms with van der Waals surface area (Å²) < 4.78 is 33.2. The second kappa shape index (κ2) is 7.54. The summed E-state index contributed by atoms with van der Waals surface area (Å²) in [6.07, 6.45) is 0. The molecular weight excluding hydrogens is 318 g/mol. The first-order valence-electron chi connectivity index (χ1n) is 7.21. The first-order valence-corrected chi connectivity index (χ1v) is 7.21. The molecule has 0 aliphatic rings. The zero-order valence-electron chi connectivity index (χ0n) is 12.9. The lowest BCUT2D eigenvalue weighted by Gasteiger charge is -2.17. The molecule has 0 aliphatic heterocycles. The maximum absolute atomic E-state index is 14.3. The summed E-state index contributed by atoms with van der Waals surface area (Å²) in [6.45, 7) is 1.78. The second-order valence-electron chi connectivity index (χ2n) is 4.89. The van der Waals surface area contributed by atoms with Gasteiger partial charge in [-0.15, -0.1) is 0 Å². The highest BCUT2D eigenvalue weighted by Crippen LogP contribution is 2.24. The maximum Gasteiger partial charge on any atom is 0.258 e. The molecule has 0 radical (unpaired) electrons. The monoisotopic (exact) mass is 334 g/mol. The summed E-state index contributed by atoms with van der Waals surface area (Å²) in [6, 6.07) is 8.95. The number of nitrogens with two attached hydrogens (primary N) is 1. The number of benzene rings is 2. The molecule has 126 valence electrons. The van der Waals surface area contributed by atoms with Crippen LogP contribution in [0.3, 0.4) is 0 Å². The van der Waals surface area contributed by atoms with Crippen LogP contribution in [0.25, 0.3) is 0 Å². The zero-order valence-corrected chi connectivity index (χ0v) is 12.9. The van der Waals surface area contributed by atoms with Crippen molar-refractivity contribution in [3.63, 3.8) is 0 Å². The molecule has 0 spiro atoms. The van der Waals surface area contributed by atoms with Crippen molar-refractivity contribution in [2.45, 2.75) is 13.0 Å². The van der Waals surface area contributed by atoms with E-state index in [1.54, 1.807) is 37.3 Å². The molecule has 2 rings (SSSR count). The zero-order chi connectivity index (χ0) is 17.7. The SMILES string of the molecule is CCOc1ccc(F)c(C(=O)N[C@@H](C(N)=O)c2ccccc2)c1F. The Hall–Kier alpha value is -2.96. The number of primary amides is 1. The largest absolute Gasteiger partial charge is 0.491 e. The van der Waals surface area contributed by atoms with Crippen molar-refractivity contribution >= 4 is 11.8 Å². The van der Waals surface area contributed by atoms with Gasteiger partial charge >= 0.3 is 0 Å². The molecule has 2 amide bonds. The molecule has 0 fully saturated rings. The van der Waals surface area contributed by atoms with E-state index in [-0.39, 0.29) is 12.4 Å². The van der Waals surface area contributed by atoms with Gasteiger partial charge in [0.25, 0.3) is 5.91 Å². The number of ether oxygens (including phenoxy) is 1. The fraction of sp³-hybridized carbons (Fsp3) is 0.176. The molecule has 2 aromatic rings. The Kier molecular flexibility index (Phi) is 5.47. The van der Waals surface area contributed by atoms with Gasteiger partial charge in [-0.25, -0.2) is 8.78 Å². The van der Waals surface area contributed by atoms with Crippen molar-refractivity contribution in [3.05, 3.63) is 65.2 Å². The number of hydrogen-bond acceptors (Lipinski definition) is 3. The fourth-order valence-corrected chi connectivity index (χ4v) is 2.18. The van der Waals surface area contributed by atoms with Crippen molar-refractivity contribution in [1.29, 1.82) is 0 Å². The van der Waals surface area contributed by atoms with Gasteiger partial charge in [0.2, 0.25) is 5.91 Å². The van der Waals surface area contributed by atoms with E-state index in [9.17, 15) is 18.4 Å². The van der Waals surface area contributed by atoms with Gasteiger partial charge in [0.05, 0.1) is 6.61 Å². The maximum atomic E-state index is 14.3. The normalized spacial score (nSPS) is 11.6. The van der Waals surface area contributed by atoms with Gasteiger partial charge in [-0.1, -0.05) is 30.3 Å². The molecule has 0 saturated carbocycles. The molecule has 24 heavy (non-hydrogen) atoms. The minimum Gasteiger partial charge on any atom is -0.491 e. The van der Waals surface area contributed by atoms with E-state index in [1.165, 1.54) is 0 Å². The predicted octanol–water partition coefficient (Wildman–Crippen LogP) is 2.32. The third kappa shape index (κ3) is 3.68. The van der Waals surface area contributed by atoms with Crippen LogP contribution in [0.2, 0.25) is 0 Å². The Morgan fingerprint density at radius 1 is 1.17 bits per heavy atom. The lowest BCUT2D eigenvalue weighted by Crippen LogP contribution is -2.38. The van der Waals surface area contributed by atoms with Gasteiger partial charge in [0.1, 0.15) is 17.4 Å². The summed E-state index contributed by atoms with van der Waals surface area (Å²) in [7, 11) is 0. The molecule has 3 N–H and O–H groups in total. The summed E-state index contributed by atoms with van der Waals surface area (Å²) >= 11 is 0. The summed E-state index contributed by atoms with van der Waals surface area (Å²) in [5.41, 5.74) is 4.86. The van der Waals surface area contributed by atoms with E-state index in [1.807, 2.05) is 0 Å². The van der Waals surface area contributed by atoms with E-state index in [2.05, 4.69) is 5.32 Å². The number of rotatable bonds is 6. The molecule has 0 aliphatic carbocycles. The second-order valence-corrected chi connectivity index (χ2v) is 4.89. The Bertz CT molecular complexity index is 751. The summed E-state index contributed by atoms with van der Waals surface area (Å²) in [5, 5.41) is 2.25. The lowest BCUT2D eigenvalue weighted by molar-refractivity contribution is -0.120. The van der Waals surface area contributed by atoms with E-state index < -0.39 is 35.1 Å². The summed E-state index contributed by atoms with van der Waals surface area (Å²) in [5.74, 6) is -4.40. The lowest BCUT2D eigenvalue weighted by atomic mass is 10.1. The van der Waals surface area contributed by atoms with Gasteiger partial charge < -0.3 is 15.8 Å². The first kappa shape index (κ1) is 17.4. The molecule has 0 aromatic heterocycles. The number of halogens is 2. The van der Waals surface area contributed by atoms with Crippen LogP contribution in [0, 0.1) is 11.6 Å². The summed E-state index contributed by atoms with van der Waals surface area (Å²) in [4.78, 5) is 23.9. The van der Waals surface area contributed by atoms with Crippen molar-refractivity contribution in [1.82, 2.24) is 5.32 Å². The van der Waals surface area contributed by atoms with Crippen molar-refractivity contribution in [2.75, 3.05) is 6.61 Å². The van der Waals surface area contributed by atoms with Gasteiger partial charge in [0, 0.05) is 0 Å². The molecule has 0 unspecified atom stereocenters. The molecule has 2 aromatic carbocycles. The van der Waals surface area contributed by atoms with Crippen molar-refractivity contribution in [2.24, 2.45) is 5.73 Å². The average molecular weight is 334 g/mol. The van der Waals surface area contributed by atoms with Gasteiger partial charge in [-0.3, -0.25) is 9.59 Å². The van der Waals surface area contributed by atoms with Gasteiger partial charge in [-0.05, 0) is 24.6 Å². The third-order valence-electron chi connectivity index (χ3n) is 3.28. The Balaban J connectivity index is 2.34. The molecular formula is C17H16F2N2O3. The topological polar surface area (TPSA) is 81.4 Å². The molecule has 0 bridgehead atoms. The fourth-order valence-electron chi connectivity index (χ4n) is 2.18. The van der Waals surface area contributed by atoms with Crippen LogP contribution in [0.1, 0.15) is 28.9 Å². The minimum atomic E-state index is -1.21. The van der Waals surface area contributed by atoms with E-state index in [4.69, 9.17) is 10.5 Å². The highest BCUT2D eigenvalue weighted by molar-refractivity contribution is 5.98. The minimum absolute atomic E-state index is 0.150. The van der Waals surface area contributed by atoms with E-state index in [0.29, 0.717) is 5.56 Å². The Morgan fingerprint density at radius 3 is 2.42 bits per heavy atom. The molecule has 7 heteroatoms. The highest BCUT2D eigenvalue weighted by atomic mass is 19.1. The average Bonchev–Trinajstić information content (AvgIpc) is 2.56. The van der Waals surface area contributed by atoms with Gasteiger partial charge in [0.15, 0.2) is 11.6 Å². The smallest absolute Gasteiger partial charge is 0.258 e. The van der Waals surface area contributed by atoms with E-state index >= 15 is 0 Å². The number of amides is 2. The van der Waals surface area contributed by atoms with Crippen LogP contribution in [0.4, 0.5) is 8.78 Å². The van der Waals surface area contributed by atoms with Crippen molar-refractivity contribution < 1.29 is 23.1 Å². The molecule has 5 nitrogen and oxygen atoms in total. The highest BCUT2D eigenvalue weighted by Gasteiger charge is 2.26. The van der Waals surface area contributed by atoms with Crippen LogP contribution in [0.5, 0.6) is 5.75 Å². The number of nitrogens with one attached hydrogen (secondary N) is 1. The van der Waals surface area contributed by atoms with Crippen LogP contribution in [-0.2, 0) is 4.79 Å². The van der Waals surface area contributed by atoms with Gasteiger partial charge in [-0.2, -0.15) is 0 Å². The third-order valence-corrected chi connectivity index (χ3v) is 3.28. The van der Waals surface area contributed by atoms with Crippen LogP contribution >= 0.6 is 0 Å². The Labute approximate surface area is 137 Å². The van der Waals surface area contributed by atoms with E-state index in [0.717, 1.165) is 12.1 Å². The molecule has 1 atom stereocenters.